The molecule has 1 aromatic heterocycles. The van der Waals surface area contributed by atoms with Crippen molar-refractivity contribution in [1.29, 1.82) is 0 Å². The molecule has 0 unspecified atom stereocenters. The number of rotatable bonds is 6. The van der Waals surface area contributed by atoms with E-state index < -0.39 is 0 Å². The lowest BCUT2D eigenvalue weighted by molar-refractivity contribution is 0.841. The SMILES string of the molecule is Cc1ccccc1CCNC(N)=NCCc1cccs1.I. The van der Waals surface area contributed by atoms with Gasteiger partial charge in [-0.2, -0.15) is 0 Å². The van der Waals surface area contributed by atoms with Crippen molar-refractivity contribution in [2.24, 2.45) is 10.7 Å². The number of nitrogens with two attached hydrogens (primary N) is 1. The molecule has 0 atom stereocenters. The summed E-state index contributed by atoms with van der Waals surface area (Å²) in [6.07, 6.45) is 1.92. The van der Waals surface area contributed by atoms with Gasteiger partial charge in [0.1, 0.15) is 0 Å². The number of nitrogens with zero attached hydrogens (tertiary/aromatic N) is 1. The molecule has 21 heavy (non-hydrogen) atoms. The lowest BCUT2D eigenvalue weighted by Crippen LogP contribution is -2.33. The summed E-state index contributed by atoms with van der Waals surface area (Å²) in [5.74, 6) is 0.537. The van der Waals surface area contributed by atoms with Crippen molar-refractivity contribution < 1.29 is 0 Å². The fourth-order valence-corrected chi connectivity index (χ4v) is 2.71. The van der Waals surface area contributed by atoms with Gasteiger partial charge in [0.2, 0.25) is 0 Å². The van der Waals surface area contributed by atoms with Crippen molar-refractivity contribution in [3.63, 3.8) is 0 Å². The third-order valence-electron chi connectivity index (χ3n) is 3.18. The van der Waals surface area contributed by atoms with Crippen LogP contribution in [-0.4, -0.2) is 19.0 Å². The van der Waals surface area contributed by atoms with Crippen LogP contribution in [0.25, 0.3) is 0 Å². The van der Waals surface area contributed by atoms with E-state index in [0.717, 1.165) is 25.9 Å². The number of halogens is 1. The van der Waals surface area contributed by atoms with E-state index in [1.807, 2.05) is 0 Å². The molecule has 0 fully saturated rings. The molecule has 1 heterocycles. The Labute approximate surface area is 147 Å². The molecule has 0 saturated carbocycles. The quantitative estimate of drug-likeness (QED) is 0.432. The Hall–Kier alpha value is -1.08. The number of nitrogens with one attached hydrogen (secondary N) is 1. The third kappa shape index (κ3) is 6.48. The van der Waals surface area contributed by atoms with E-state index in [0.29, 0.717) is 5.96 Å². The number of hydrogen-bond donors (Lipinski definition) is 2. The van der Waals surface area contributed by atoms with Gasteiger partial charge in [0.15, 0.2) is 5.96 Å². The van der Waals surface area contributed by atoms with Gasteiger partial charge in [-0.3, -0.25) is 4.99 Å². The van der Waals surface area contributed by atoms with E-state index in [9.17, 15) is 0 Å². The molecule has 0 aliphatic carbocycles. The Balaban J connectivity index is 0.00000220. The molecule has 0 amide bonds. The zero-order valence-electron chi connectivity index (χ0n) is 12.2. The predicted molar refractivity (Wildman–Crippen MR) is 103 cm³/mol. The number of benzene rings is 1. The van der Waals surface area contributed by atoms with Gasteiger partial charge in [0.05, 0.1) is 0 Å². The Morgan fingerprint density at radius 3 is 2.71 bits per heavy atom. The van der Waals surface area contributed by atoms with E-state index >= 15 is 0 Å². The number of guanidine groups is 1. The Morgan fingerprint density at radius 2 is 2.00 bits per heavy atom. The fraction of sp³-hybridized carbons (Fsp3) is 0.312. The second-order valence-corrected chi connectivity index (χ2v) is 5.73. The van der Waals surface area contributed by atoms with Crippen LogP contribution >= 0.6 is 35.3 Å². The molecule has 1 aromatic carbocycles. The summed E-state index contributed by atoms with van der Waals surface area (Å²) in [7, 11) is 0. The van der Waals surface area contributed by atoms with Crippen LogP contribution in [0.1, 0.15) is 16.0 Å². The second-order valence-electron chi connectivity index (χ2n) is 4.70. The first-order valence-corrected chi connectivity index (χ1v) is 7.74. The van der Waals surface area contributed by atoms with E-state index in [-0.39, 0.29) is 24.0 Å². The van der Waals surface area contributed by atoms with Crippen LogP contribution in [0.5, 0.6) is 0 Å². The summed E-state index contributed by atoms with van der Waals surface area (Å²) in [6, 6.07) is 12.6. The van der Waals surface area contributed by atoms with Crippen molar-refractivity contribution in [2.75, 3.05) is 13.1 Å². The maximum absolute atomic E-state index is 5.86. The first kappa shape index (κ1) is 18.0. The van der Waals surface area contributed by atoms with E-state index in [1.165, 1.54) is 16.0 Å². The number of hydrogen-bond acceptors (Lipinski definition) is 2. The van der Waals surface area contributed by atoms with Gasteiger partial charge >= 0.3 is 0 Å². The highest BCUT2D eigenvalue weighted by Crippen LogP contribution is 2.09. The average molecular weight is 415 g/mol. The summed E-state index contributed by atoms with van der Waals surface area (Å²) in [5, 5.41) is 5.26. The molecule has 0 bridgehead atoms. The Morgan fingerprint density at radius 1 is 1.19 bits per heavy atom. The molecule has 3 N–H and O–H groups in total. The largest absolute Gasteiger partial charge is 0.370 e. The van der Waals surface area contributed by atoms with Gasteiger partial charge in [0, 0.05) is 24.4 Å². The molecule has 2 aromatic rings. The van der Waals surface area contributed by atoms with Gasteiger partial charge in [-0.05, 0) is 35.9 Å². The normalized spacial score (nSPS) is 11.0. The van der Waals surface area contributed by atoms with Crippen molar-refractivity contribution in [3.05, 3.63) is 57.8 Å². The topological polar surface area (TPSA) is 50.4 Å². The highest BCUT2D eigenvalue weighted by molar-refractivity contribution is 14.0. The standard InChI is InChI=1S/C16H21N3S.HI/c1-13-5-2-3-6-14(13)8-10-18-16(17)19-11-9-15-7-4-12-20-15;/h2-7,12H,8-11H2,1H3,(H3,17,18,19);1H. The average Bonchev–Trinajstić information content (AvgIpc) is 2.94. The van der Waals surface area contributed by atoms with Crippen LogP contribution in [0.3, 0.4) is 0 Å². The zero-order valence-corrected chi connectivity index (χ0v) is 15.4. The van der Waals surface area contributed by atoms with E-state index in [1.54, 1.807) is 11.3 Å². The second kappa shape index (κ2) is 9.78. The van der Waals surface area contributed by atoms with Crippen LogP contribution in [0.15, 0.2) is 46.8 Å². The molecule has 2 rings (SSSR count). The van der Waals surface area contributed by atoms with Crippen molar-refractivity contribution in [2.45, 2.75) is 19.8 Å². The van der Waals surface area contributed by atoms with Crippen molar-refractivity contribution in [3.8, 4) is 0 Å². The van der Waals surface area contributed by atoms with Crippen LogP contribution in [0, 0.1) is 6.92 Å². The summed E-state index contributed by atoms with van der Waals surface area (Å²) in [5.41, 5.74) is 8.53. The molecule has 3 nitrogen and oxygen atoms in total. The van der Waals surface area contributed by atoms with Gasteiger partial charge < -0.3 is 11.1 Å². The zero-order chi connectivity index (χ0) is 14.2. The lowest BCUT2D eigenvalue weighted by atomic mass is 10.1. The highest BCUT2D eigenvalue weighted by Gasteiger charge is 1.98. The smallest absolute Gasteiger partial charge is 0.188 e. The highest BCUT2D eigenvalue weighted by atomic mass is 127. The van der Waals surface area contributed by atoms with Crippen molar-refractivity contribution >= 4 is 41.3 Å². The third-order valence-corrected chi connectivity index (χ3v) is 4.12. The van der Waals surface area contributed by atoms with Gasteiger partial charge in [0.25, 0.3) is 0 Å². The Bertz CT molecular complexity index is 552. The molecule has 0 spiro atoms. The molecule has 114 valence electrons. The summed E-state index contributed by atoms with van der Waals surface area (Å²) >= 11 is 1.76. The van der Waals surface area contributed by atoms with Gasteiger partial charge in [-0.25, -0.2) is 0 Å². The fourth-order valence-electron chi connectivity index (χ4n) is 2.01. The van der Waals surface area contributed by atoms with Gasteiger partial charge in [-0.15, -0.1) is 35.3 Å². The van der Waals surface area contributed by atoms with E-state index in [4.69, 9.17) is 5.73 Å². The molecule has 0 aliphatic heterocycles. The van der Waals surface area contributed by atoms with Crippen LogP contribution in [0.2, 0.25) is 0 Å². The summed E-state index contributed by atoms with van der Waals surface area (Å²) in [6.45, 7) is 3.69. The molecule has 5 heteroatoms. The van der Waals surface area contributed by atoms with Crippen LogP contribution in [0.4, 0.5) is 0 Å². The maximum Gasteiger partial charge on any atom is 0.188 e. The summed E-state index contributed by atoms with van der Waals surface area (Å²) in [4.78, 5) is 5.69. The lowest BCUT2D eigenvalue weighted by Gasteiger charge is -2.07. The molecular weight excluding hydrogens is 393 g/mol. The minimum absolute atomic E-state index is 0. The van der Waals surface area contributed by atoms with Crippen LogP contribution in [-0.2, 0) is 12.8 Å². The molecular formula is C16H22IN3S. The first-order chi connectivity index (χ1) is 9.75. The van der Waals surface area contributed by atoms with E-state index in [2.05, 4.69) is 59.0 Å². The summed E-state index contributed by atoms with van der Waals surface area (Å²) < 4.78 is 0. The minimum atomic E-state index is 0. The maximum atomic E-state index is 5.86. The molecule has 0 aliphatic rings. The minimum Gasteiger partial charge on any atom is -0.370 e. The van der Waals surface area contributed by atoms with Crippen molar-refractivity contribution in [1.82, 2.24) is 5.32 Å². The monoisotopic (exact) mass is 415 g/mol. The number of aliphatic imine (C=N–C) groups is 1. The number of aryl methyl sites for hydroxylation is 1. The predicted octanol–water partition coefficient (Wildman–Crippen LogP) is 3.36. The Kier molecular flexibility index (Phi) is 8.37. The van der Waals surface area contributed by atoms with Crippen LogP contribution < -0.4 is 11.1 Å². The van der Waals surface area contributed by atoms with Gasteiger partial charge in [-0.1, -0.05) is 30.3 Å². The molecule has 0 saturated heterocycles. The first-order valence-electron chi connectivity index (χ1n) is 6.86. The number of thiophene rings is 1. The molecule has 0 radical (unpaired) electrons.